The van der Waals surface area contributed by atoms with Crippen molar-refractivity contribution in [1.29, 1.82) is 0 Å². The van der Waals surface area contributed by atoms with E-state index >= 15 is 0 Å². The quantitative estimate of drug-likeness (QED) is 0.0487. The molecular formula is C39H77N3O2. The van der Waals surface area contributed by atoms with Crippen LogP contribution in [0, 0.1) is 0 Å². The van der Waals surface area contributed by atoms with Gasteiger partial charge in [0.2, 0.25) is 11.8 Å². The summed E-state index contributed by atoms with van der Waals surface area (Å²) in [5, 5.41) is 6.05. The zero-order valence-electron chi connectivity index (χ0n) is 29.8. The van der Waals surface area contributed by atoms with E-state index < -0.39 is 6.04 Å². The highest BCUT2D eigenvalue weighted by Gasteiger charge is 2.19. The fourth-order valence-corrected chi connectivity index (χ4v) is 5.87. The molecule has 0 saturated heterocycles. The highest BCUT2D eigenvalue weighted by Crippen LogP contribution is 2.13. The molecule has 2 amide bonds. The summed E-state index contributed by atoms with van der Waals surface area (Å²) in [6, 6.07) is -0.458. The highest BCUT2D eigenvalue weighted by atomic mass is 16.2. The minimum atomic E-state index is -0.458. The number of rotatable bonds is 35. The summed E-state index contributed by atoms with van der Waals surface area (Å²) < 4.78 is 0. The summed E-state index contributed by atoms with van der Waals surface area (Å²) in [7, 11) is 0. The van der Waals surface area contributed by atoms with Crippen molar-refractivity contribution in [2.24, 2.45) is 5.73 Å². The third-order valence-corrected chi connectivity index (χ3v) is 8.84. The zero-order chi connectivity index (χ0) is 32.2. The fourth-order valence-electron chi connectivity index (χ4n) is 5.87. The average molecular weight is 620 g/mol. The van der Waals surface area contributed by atoms with E-state index in [2.05, 4.69) is 36.6 Å². The van der Waals surface area contributed by atoms with Crippen LogP contribution in [-0.2, 0) is 9.59 Å². The molecule has 0 bridgehead atoms. The second-order valence-electron chi connectivity index (χ2n) is 13.3. The van der Waals surface area contributed by atoms with Gasteiger partial charge in [0.05, 0.1) is 0 Å². The number of nitrogens with two attached hydrogens (primary N) is 1. The van der Waals surface area contributed by atoms with Crippen molar-refractivity contribution in [3.05, 3.63) is 12.2 Å². The van der Waals surface area contributed by atoms with Crippen LogP contribution >= 0.6 is 0 Å². The Morgan fingerprint density at radius 2 is 0.955 bits per heavy atom. The minimum Gasteiger partial charge on any atom is -0.354 e. The summed E-state index contributed by atoms with van der Waals surface area (Å²) in [5.74, 6) is -0.0534. The van der Waals surface area contributed by atoms with Crippen molar-refractivity contribution in [1.82, 2.24) is 10.6 Å². The van der Waals surface area contributed by atoms with Crippen molar-refractivity contribution in [2.45, 2.75) is 213 Å². The van der Waals surface area contributed by atoms with E-state index in [0.717, 1.165) is 32.1 Å². The molecule has 5 heteroatoms. The molecule has 0 aromatic carbocycles. The Morgan fingerprint density at radius 3 is 1.41 bits per heavy atom. The van der Waals surface area contributed by atoms with Gasteiger partial charge in [-0.15, -0.1) is 0 Å². The molecule has 1 unspecified atom stereocenters. The number of carbonyl (C=O) groups excluding carboxylic acids is 2. The zero-order valence-corrected chi connectivity index (χ0v) is 29.8. The summed E-state index contributed by atoms with van der Waals surface area (Å²) in [6.45, 7) is 5.77. The van der Waals surface area contributed by atoms with Crippen LogP contribution < -0.4 is 16.4 Å². The predicted octanol–water partition coefficient (Wildman–Crippen LogP) is 10.8. The van der Waals surface area contributed by atoms with Crippen LogP contribution in [0.1, 0.15) is 206 Å². The SMILES string of the molecule is CCCCCCCC/C=C/CCCCCCCC(=O)NC(CCCN)C(=O)NCCCCCCCCCCCCCCCC. The lowest BCUT2D eigenvalue weighted by Gasteiger charge is -2.18. The van der Waals surface area contributed by atoms with E-state index in [9.17, 15) is 9.59 Å². The normalized spacial score (nSPS) is 12.2. The number of unbranched alkanes of at least 4 members (excludes halogenated alkanes) is 24. The molecule has 0 saturated carbocycles. The molecule has 0 rings (SSSR count). The first-order valence-electron chi connectivity index (χ1n) is 19.6. The molecule has 4 N–H and O–H groups in total. The molecule has 44 heavy (non-hydrogen) atoms. The largest absolute Gasteiger partial charge is 0.354 e. The predicted molar refractivity (Wildman–Crippen MR) is 193 cm³/mol. The fraction of sp³-hybridized carbons (Fsp3) is 0.897. The van der Waals surface area contributed by atoms with Crippen molar-refractivity contribution in [3.8, 4) is 0 Å². The van der Waals surface area contributed by atoms with E-state index in [1.165, 1.54) is 148 Å². The Hall–Kier alpha value is -1.36. The molecule has 5 nitrogen and oxygen atoms in total. The van der Waals surface area contributed by atoms with Gasteiger partial charge in [0.1, 0.15) is 6.04 Å². The third kappa shape index (κ3) is 32.0. The Bertz CT molecular complexity index is 637. The molecule has 0 aliphatic carbocycles. The van der Waals surface area contributed by atoms with Crippen LogP contribution in [-0.4, -0.2) is 30.9 Å². The van der Waals surface area contributed by atoms with Gasteiger partial charge in [0, 0.05) is 13.0 Å². The third-order valence-electron chi connectivity index (χ3n) is 8.84. The molecule has 0 radical (unpaired) electrons. The first kappa shape index (κ1) is 42.6. The lowest BCUT2D eigenvalue weighted by molar-refractivity contribution is -0.129. The second kappa shape index (κ2) is 36.1. The van der Waals surface area contributed by atoms with Crippen LogP contribution in [0.3, 0.4) is 0 Å². The van der Waals surface area contributed by atoms with E-state index in [1.807, 2.05) is 0 Å². The molecule has 0 aromatic heterocycles. The van der Waals surface area contributed by atoms with Crippen LogP contribution in [0.15, 0.2) is 12.2 Å². The van der Waals surface area contributed by atoms with Crippen molar-refractivity contribution < 1.29 is 9.59 Å². The molecule has 0 aliphatic rings. The van der Waals surface area contributed by atoms with Gasteiger partial charge in [-0.05, 0) is 57.9 Å². The monoisotopic (exact) mass is 620 g/mol. The summed E-state index contributed by atoms with van der Waals surface area (Å²) >= 11 is 0. The van der Waals surface area contributed by atoms with Crippen LogP contribution in [0.2, 0.25) is 0 Å². The molecule has 0 aliphatic heterocycles. The Kier molecular flexibility index (Phi) is 35.0. The number of nitrogens with one attached hydrogen (secondary N) is 2. The lowest BCUT2D eigenvalue weighted by atomic mass is 10.0. The summed E-state index contributed by atoms with van der Waals surface area (Å²) in [4.78, 5) is 25.3. The van der Waals surface area contributed by atoms with Gasteiger partial charge in [-0.25, -0.2) is 0 Å². The van der Waals surface area contributed by atoms with E-state index in [0.29, 0.717) is 25.9 Å². The van der Waals surface area contributed by atoms with Gasteiger partial charge in [-0.3, -0.25) is 9.59 Å². The number of carbonyl (C=O) groups is 2. The Labute approximate surface area is 275 Å². The average Bonchev–Trinajstić information content (AvgIpc) is 3.02. The Morgan fingerprint density at radius 1 is 0.545 bits per heavy atom. The van der Waals surface area contributed by atoms with Crippen LogP contribution in [0.5, 0.6) is 0 Å². The second-order valence-corrected chi connectivity index (χ2v) is 13.3. The van der Waals surface area contributed by atoms with Gasteiger partial charge < -0.3 is 16.4 Å². The molecular weight excluding hydrogens is 542 g/mol. The minimum absolute atomic E-state index is 0.00343. The Balaban J connectivity index is 3.76. The number of allylic oxidation sites excluding steroid dienone is 2. The van der Waals surface area contributed by atoms with Crippen molar-refractivity contribution in [2.75, 3.05) is 13.1 Å². The van der Waals surface area contributed by atoms with Crippen LogP contribution in [0.25, 0.3) is 0 Å². The summed E-state index contributed by atoms with van der Waals surface area (Å²) in [6.07, 6.45) is 41.4. The molecule has 260 valence electrons. The first-order chi connectivity index (χ1) is 21.7. The highest BCUT2D eigenvalue weighted by molar-refractivity contribution is 5.87. The first-order valence-corrected chi connectivity index (χ1v) is 19.6. The van der Waals surface area contributed by atoms with Crippen molar-refractivity contribution >= 4 is 11.8 Å². The maximum Gasteiger partial charge on any atom is 0.242 e. The maximum atomic E-state index is 12.8. The van der Waals surface area contributed by atoms with Gasteiger partial charge in [-0.1, -0.05) is 161 Å². The van der Waals surface area contributed by atoms with Gasteiger partial charge in [0.25, 0.3) is 0 Å². The van der Waals surface area contributed by atoms with E-state index in [-0.39, 0.29) is 11.8 Å². The number of hydrogen-bond donors (Lipinski definition) is 3. The smallest absolute Gasteiger partial charge is 0.242 e. The van der Waals surface area contributed by atoms with Gasteiger partial charge in [-0.2, -0.15) is 0 Å². The van der Waals surface area contributed by atoms with Crippen molar-refractivity contribution in [3.63, 3.8) is 0 Å². The molecule has 0 fully saturated rings. The van der Waals surface area contributed by atoms with Crippen LogP contribution in [0.4, 0.5) is 0 Å². The standard InChI is InChI=1S/C39H77N3O2/c1-3-5-7-9-11-13-15-17-19-20-22-24-26-28-30-34-38(43)42-37(33-32-35-40)39(44)41-36-31-29-27-25-23-21-18-16-14-12-10-8-6-4-2/h17,19,37H,3-16,18,20-36,40H2,1-2H3,(H,41,44)(H,42,43)/b19-17+. The summed E-state index contributed by atoms with van der Waals surface area (Å²) in [5.41, 5.74) is 5.69. The molecule has 0 heterocycles. The molecule has 0 spiro atoms. The lowest BCUT2D eigenvalue weighted by Crippen LogP contribution is -2.47. The molecule has 0 aromatic rings. The molecule has 1 atom stereocenters. The van der Waals surface area contributed by atoms with E-state index in [1.54, 1.807) is 0 Å². The van der Waals surface area contributed by atoms with Gasteiger partial charge >= 0.3 is 0 Å². The number of hydrogen-bond acceptors (Lipinski definition) is 3. The topological polar surface area (TPSA) is 84.2 Å². The van der Waals surface area contributed by atoms with Gasteiger partial charge in [0.15, 0.2) is 0 Å². The number of amides is 2. The van der Waals surface area contributed by atoms with E-state index in [4.69, 9.17) is 5.73 Å². The maximum absolute atomic E-state index is 12.8.